The second-order valence-corrected chi connectivity index (χ2v) is 9.87. The summed E-state index contributed by atoms with van der Waals surface area (Å²) < 4.78 is 4.82. The van der Waals surface area contributed by atoms with Crippen molar-refractivity contribution < 1.29 is 19.4 Å². The van der Waals surface area contributed by atoms with Gasteiger partial charge in [0.25, 0.3) is 0 Å². The second-order valence-electron chi connectivity index (χ2n) is 6.62. The van der Waals surface area contributed by atoms with Gasteiger partial charge >= 0.3 is 5.97 Å². The number of esters is 1. The minimum Gasteiger partial charge on any atom is -0.507 e. The third kappa shape index (κ3) is 3.43. The number of hydrogen-bond acceptors (Lipinski definition) is 4. The Kier molecular flexibility index (Phi) is 5.20. The molecule has 1 aliphatic heterocycles. The number of benzene rings is 3. The van der Waals surface area contributed by atoms with Crippen molar-refractivity contribution in [3.8, 4) is 0 Å². The van der Waals surface area contributed by atoms with Crippen LogP contribution in [0.15, 0.2) is 102 Å². The van der Waals surface area contributed by atoms with Crippen LogP contribution in [0.5, 0.6) is 0 Å². The fourth-order valence-electron chi connectivity index (χ4n) is 3.54. The zero-order valence-electron chi connectivity index (χ0n) is 15.6. The third-order valence-corrected chi connectivity index (χ3v) is 8.85. The molecule has 0 amide bonds. The molecule has 0 atom stereocenters. The van der Waals surface area contributed by atoms with Crippen molar-refractivity contribution in [2.75, 3.05) is 6.61 Å². The average Bonchev–Trinajstić information content (AvgIpc) is 3.12. The number of cyclic esters (lactones) is 1. The standard InChI is InChI=1S/C24H19O4P/c25-21-16-28-24(27)23(21)22(26)17-29(18-10-4-1-5-11-18,19-12-6-2-7-13-19)20-14-8-3-9-15-20/h1-15,17,26H,16H2/b23-22+. The Morgan fingerprint density at radius 2 is 1.17 bits per heavy atom. The highest BCUT2D eigenvalue weighted by atomic mass is 31.2. The van der Waals surface area contributed by atoms with E-state index in [2.05, 4.69) is 0 Å². The highest BCUT2D eigenvalue weighted by molar-refractivity contribution is 7.94. The normalized spacial score (nSPS) is 15.7. The van der Waals surface area contributed by atoms with Gasteiger partial charge in [-0.15, -0.1) is 0 Å². The van der Waals surface area contributed by atoms with Crippen LogP contribution >= 0.6 is 6.89 Å². The molecule has 3 aromatic rings. The smallest absolute Gasteiger partial charge is 0.346 e. The zero-order valence-corrected chi connectivity index (χ0v) is 16.5. The number of carbonyl (C=O) groups is 2. The lowest BCUT2D eigenvalue weighted by Crippen LogP contribution is -2.27. The van der Waals surface area contributed by atoms with E-state index in [-0.39, 0.29) is 17.9 Å². The quantitative estimate of drug-likeness (QED) is 0.240. The molecule has 0 spiro atoms. The molecule has 0 radical (unpaired) electrons. The van der Waals surface area contributed by atoms with E-state index in [4.69, 9.17) is 4.74 Å². The largest absolute Gasteiger partial charge is 0.507 e. The Bertz CT molecular complexity index is 1010. The molecule has 1 N–H and O–H groups in total. The molecule has 4 rings (SSSR count). The van der Waals surface area contributed by atoms with Crippen LogP contribution in [-0.2, 0) is 14.3 Å². The number of allylic oxidation sites excluding steroid dienone is 1. The molecule has 4 nitrogen and oxygen atoms in total. The first-order valence-corrected chi connectivity index (χ1v) is 11.0. The maximum Gasteiger partial charge on any atom is 0.346 e. The summed E-state index contributed by atoms with van der Waals surface area (Å²) in [6.45, 7) is -2.84. The molecule has 1 aliphatic rings. The zero-order chi connectivity index (χ0) is 20.3. The van der Waals surface area contributed by atoms with Crippen LogP contribution in [0.2, 0.25) is 0 Å². The number of carbonyl (C=O) groups excluding carboxylic acids is 2. The summed E-state index contributed by atoms with van der Waals surface area (Å²) in [6, 6.07) is 29.6. The summed E-state index contributed by atoms with van der Waals surface area (Å²) >= 11 is 0. The predicted molar refractivity (Wildman–Crippen MR) is 117 cm³/mol. The molecule has 3 aromatic carbocycles. The van der Waals surface area contributed by atoms with Crippen molar-refractivity contribution in [2.45, 2.75) is 0 Å². The number of hydrogen-bond donors (Lipinski definition) is 1. The lowest BCUT2D eigenvalue weighted by atomic mass is 10.2. The Labute approximate surface area is 169 Å². The van der Waals surface area contributed by atoms with Gasteiger partial charge in [0.2, 0.25) is 5.78 Å². The summed E-state index contributed by atoms with van der Waals surface area (Å²) in [6.07, 6.45) is 0. The van der Waals surface area contributed by atoms with E-state index in [0.717, 1.165) is 15.9 Å². The van der Waals surface area contributed by atoms with E-state index >= 15 is 0 Å². The van der Waals surface area contributed by atoms with Gasteiger partial charge in [0.15, 0.2) is 6.61 Å². The summed E-state index contributed by atoms with van der Waals surface area (Å²) in [5.74, 6) is 0.0711. The van der Waals surface area contributed by atoms with Crippen LogP contribution < -0.4 is 15.9 Å². The van der Waals surface area contributed by atoms with Crippen molar-refractivity contribution >= 4 is 40.3 Å². The molecule has 1 saturated heterocycles. The van der Waals surface area contributed by atoms with E-state index in [0.29, 0.717) is 0 Å². The van der Waals surface area contributed by atoms with Gasteiger partial charge in [0.1, 0.15) is 11.3 Å². The van der Waals surface area contributed by atoms with E-state index < -0.39 is 18.6 Å². The van der Waals surface area contributed by atoms with E-state index in [1.54, 1.807) is 5.80 Å². The van der Waals surface area contributed by atoms with Crippen LogP contribution in [0.1, 0.15) is 0 Å². The van der Waals surface area contributed by atoms with Crippen molar-refractivity contribution in [3.63, 3.8) is 0 Å². The van der Waals surface area contributed by atoms with Gasteiger partial charge in [0.05, 0.1) is 0 Å². The summed E-state index contributed by atoms with van der Waals surface area (Å²) in [4.78, 5) is 24.2. The maximum absolute atomic E-state index is 12.2. The number of aliphatic hydroxyl groups is 1. The predicted octanol–water partition coefficient (Wildman–Crippen LogP) is 2.72. The molecule has 5 heteroatoms. The topological polar surface area (TPSA) is 63.6 Å². The van der Waals surface area contributed by atoms with Gasteiger partial charge < -0.3 is 9.84 Å². The number of Topliss-reactive ketones (excluding diaryl/α,β-unsaturated/α-hetero) is 1. The van der Waals surface area contributed by atoms with Crippen LogP contribution in [0, 0.1) is 0 Å². The molecule has 0 unspecified atom stereocenters. The van der Waals surface area contributed by atoms with E-state index in [9.17, 15) is 14.7 Å². The number of ether oxygens (including phenoxy) is 1. The van der Waals surface area contributed by atoms with Crippen molar-refractivity contribution in [1.82, 2.24) is 0 Å². The fourth-order valence-corrected chi connectivity index (χ4v) is 7.31. The first-order chi connectivity index (χ1) is 14.1. The van der Waals surface area contributed by atoms with Crippen LogP contribution in [0.4, 0.5) is 0 Å². The Balaban J connectivity index is 2.13. The molecule has 144 valence electrons. The van der Waals surface area contributed by atoms with Gasteiger partial charge in [-0.05, 0) is 28.6 Å². The van der Waals surface area contributed by atoms with Crippen molar-refractivity contribution in [3.05, 3.63) is 102 Å². The number of aliphatic hydroxyl groups excluding tert-OH is 1. The van der Waals surface area contributed by atoms with Gasteiger partial charge in [-0.2, -0.15) is 0 Å². The van der Waals surface area contributed by atoms with Gasteiger partial charge in [-0.25, -0.2) is 4.79 Å². The van der Waals surface area contributed by atoms with Crippen molar-refractivity contribution in [2.24, 2.45) is 0 Å². The highest BCUT2D eigenvalue weighted by Crippen LogP contribution is 2.44. The van der Waals surface area contributed by atoms with Gasteiger partial charge in [-0.3, -0.25) is 4.79 Å². The van der Waals surface area contributed by atoms with Crippen LogP contribution in [0.25, 0.3) is 0 Å². The molecular weight excluding hydrogens is 383 g/mol. The lowest BCUT2D eigenvalue weighted by molar-refractivity contribution is -0.135. The first-order valence-electron chi connectivity index (χ1n) is 9.18. The summed E-state index contributed by atoms with van der Waals surface area (Å²) in [7, 11) is 0. The molecule has 0 bridgehead atoms. The van der Waals surface area contributed by atoms with E-state index in [1.807, 2.05) is 91.0 Å². The maximum atomic E-state index is 12.2. The van der Waals surface area contributed by atoms with E-state index in [1.165, 1.54) is 0 Å². The summed E-state index contributed by atoms with van der Waals surface area (Å²) in [5.41, 5.74) is -0.280. The first kappa shape index (κ1) is 19.0. The van der Waals surface area contributed by atoms with Crippen LogP contribution in [-0.4, -0.2) is 29.3 Å². The Morgan fingerprint density at radius 1 is 0.759 bits per heavy atom. The third-order valence-electron chi connectivity index (χ3n) is 4.88. The average molecular weight is 402 g/mol. The lowest BCUT2D eigenvalue weighted by Gasteiger charge is -2.28. The molecule has 0 saturated carbocycles. The monoisotopic (exact) mass is 402 g/mol. The molecule has 0 aromatic heterocycles. The van der Waals surface area contributed by atoms with Gasteiger partial charge in [0, 0.05) is 0 Å². The molecule has 1 fully saturated rings. The Hall–Kier alpha value is -3.36. The molecule has 1 heterocycles. The van der Waals surface area contributed by atoms with Gasteiger partial charge in [-0.1, -0.05) is 91.0 Å². The number of ketones is 1. The SMILES string of the molecule is O=C1COC(=O)/C1=C(/O)C=P(c1ccccc1)(c1ccccc1)c1ccccc1. The second kappa shape index (κ2) is 7.94. The minimum absolute atomic E-state index is 0.280. The van der Waals surface area contributed by atoms with Crippen LogP contribution in [0.3, 0.4) is 0 Å². The highest BCUT2D eigenvalue weighted by Gasteiger charge is 2.33. The molecule has 29 heavy (non-hydrogen) atoms. The number of rotatable bonds is 4. The Morgan fingerprint density at radius 3 is 1.52 bits per heavy atom. The van der Waals surface area contributed by atoms with Crippen molar-refractivity contribution in [1.29, 1.82) is 0 Å². The fraction of sp³-hybridized carbons (Fsp3) is 0.0417. The summed E-state index contributed by atoms with van der Waals surface area (Å²) in [5, 5.41) is 13.9. The minimum atomic E-state index is -2.51. The molecule has 0 aliphatic carbocycles. The molecular formula is C24H19O4P.